The van der Waals surface area contributed by atoms with E-state index in [2.05, 4.69) is 6.07 Å². The lowest BCUT2D eigenvalue weighted by atomic mass is 9.85. The molecule has 1 fully saturated rings. The second-order valence-electron chi connectivity index (χ2n) is 8.57. The van der Waals surface area contributed by atoms with Gasteiger partial charge in [-0.25, -0.2) is 0 Å². The van der Waals surface area contributed by atoms with E-state index in [0.717, 1.165) is 24.1 Å². The van der Waals surface area contributed by atoms with Gasteiger partial charge in [0, 0.05) is 12.2 Å². The number of likely N-dealkylation sites (tertiary alicyclic amines) is 1. The van der Waals surface area contributed by atoms with Gasteiger partial charge >= 0.3 is 0 Å². The molecule has 2 heterocycles. The van der Waals surface area contributed by atoms with Gasteiger partial charge in [0.05, 0.1) is 11.8 Å². The molecule has 3 aliphatic rings. The summed E-state index contributed by atoms with van der Waals surface area (Å²) >= 11 is 0. The van der Waals surface area contributed by atoms with Crippen molar-refractivity contribution in [1.29, 1.82) is 0 Å². The molecule has 0 spiro atoms. The Morgan fingerprint density at radius 2 is 1.71 bits per heavy atom. The van der Waals surface area contributed by atoms with Crippen LogP contribution in [0.15, 0.2) is 36.4 Å². The highest BCUT2D eigenvalue weighted by Crippen LogP contribution is 2.38. The van der Waals surface area contributed by atoms with Crippen LogP contribution < -0.4 is 4.90 Å². The average molecular weight is 380 g/mol. The van der Waals surface area contributed by atoms with E-state index in [-0.39, 0.29) is 35.5 Å². The van der Waals surface area contributed by atoms with Crippen molar-refractivity contribution >= 4 is 23.4 Å². The van der Waals surface area contributed by atoms with Crippen LogP contribution in [0.2, 0.25) is 0 Å². The first-order valence-electron chi connectivity index (χ1n) is 10.4. The summed E-state index contributed by atoms with van der Waals surface area (Å²) in [5.41, 5.74) is 2.08. The zero-order chi connectivity index (χ0) is 19.8. The molecule has 1 aromatic carbocycles. The number of carbonyl (C=O) groups excluding carboxylic acids is 3. The molecular weight excluding hydrogens is 352 g/mol. The van der Waals surface area contributed by atoms with Gasteiger partial charge in [-0.15, -0.1) is 0 Å². The maximum Gasteiger partial charge on any atom is 0.250 e. The van der Waals surface area contributed by atoms with Crippen molar-refractivity contribution < 1.29 is 14.4 Å². The molecule has 1 saturated heterocycles. The molecule has 4 rings (SSSR count). The fourth-order valence-electron chi connectivity index (χ4n) is 4.84. The van der Waals surface area contributed by atoms with Gasteiger partial charge in [0.25, 0.3) is 0 Å². The Kier molecular flexibility index (Phi) is 5.09. The SMILES string of the molecule is CC(C)CC(C(=O)N1CCCc2ccccc21)N1C(=O)C2CC=CCC2C1=O. The molecule has 0 saturated carbocycles. The zero-order valence-corrected chi connectivity index (χ0v) is 16.6. The summed E-state index contributed by atoms with van der Waals surface area (Å²) in [5.74, 6) is -0.834. The molecule has 3 unspecified atom stereocenters. The molecule has 148 valence electrons. The van der Waals surface area contributed by atoms with Gasteiger partial charge in [0.2, 0.25) is 17.7 Å². The van der Waals surface area contributed by atoms with Gasteiger partial charge in [-0.3, -0.25) is 19.3 Å². The van der Waals surface area contributed by atoms with E-state index in [0.29, 0.717) is 25.8 Å². The van der Waals surface area contributed by atoms with Crippen molar-refractivity contribution in [3.8, 4) is 0 Å². The molecule has 5 nitrogen and oxygen atoms in total. The van der Waals surface area contributed by atoms with Gasteiger partial charge < -0.3 is 4.90 Å². The lowest BCUT2D eigenvalue weighted by Gasteiger charge is -2.35. The van der Waals surface area contributed by atoms with E-state index in [1.807, 2.05) is 44.2 Å². The number of fused-ring (bicyclic) bond motifs is 2. The second-order valence-corrected chi connectivity index (χ2v) is 8.57. The highest BCUT2D eigenvalue weighted by Gasteiger charge is 2.51. The quantitative estimate of drug-likeness (QED) is 0.595. The number of imide groups is 1. The fraction of sp³-hybridized carbons (Fsp3) is 0.522. The van der Waals surface area contributed by atoms with E-state index in [1.165, 1.54) is 4.90 Å². The van der Waals surface area contributed by atoms with Crippen molar-refractivity contribution in [2.45, 2.75) is 52.0 Å². The molecule has 0 radical (unpaired) electrons. The number of hydrogen-bond acceptors (Lipinski definition) is 3. The number of para-hydroxylation sites is 1. The van der Waals surface area contributed by atoms with Crippen molar-refractivity contribution in [2.24, 2.45) is 17.8 Å². The van der Waals surface area contributed by atoms with Crippen LogP contribution in [0.3, 0.4) is 0 Å². The van der Waals surface area contributed by atoms with Crippen LogP contribution in [0.1, 0.15) is 45.1 Å². The van der Waals surface area contributed by atoms with Crippen LogP contribution in [0.5, 0.6) is 0 Å². The Morgan fingerprint density at radius 1 is 1.07 bits per heavy atom. The minimum atomic E-state index is -0.711. The first-order valence-corrected chi connectivity index (χ1v) is 10.4. The topological polar surface area (TPSA) is 57.7 Å². The molecular formula is C23H28N2O3. The van der Waals surface area contributed by atoms with E-state index in [9.17, 15) is 14.4 Å². The molecule has 0 bridgehead atoms. The van der Waals surface area contributed by atoms with Gasteiger partial charge in [-0.1, -0.05) is 44.2 Å². The number of carbonyl (C=O) groups is 3. The molecule has 28 heavy (non-hydrogen) atoms. The lowest BCUT2D eigenvalue weighted by Crippen LogP contribution is -2.53. The van der Waals surface area contributed by atoms with Crippen LogP contribution >= 0.6 is 0 Å². The number of nitrogens with zero attached hydrogens (tertiary/aromatic N) is 2. The Bertz CT molecular complexity index is 803. The Balaban J connectivity index is 1.67. The summed E-state index contributed by atoms with van der Waals surface area (Å²) in [5, 5.41) is 0. The van der Waals surface area contributed by atoms with E-state index >= 15 is 0 Å². The largest absolute Gasteiger partial charge is 0.310 e. The van der Waals surface area contributed by atoms with Gasteiger partial charge in [-0.2, -0.15) is 0 Å². The van der Waals surface area contributed by atoms with E-state index < -0.39 is 6.04 Å². The normalized spacial score (nSPS) is 25.1. The molecule has 0 aromatic heterocycles. The summed E-state index contributed by atoms with van der Waals surface area (Å²) in [6.07, 6.45) is 7.51. The van der Waals surface area contributed by atoms with Crippen LogP contribution in [0, 0.1) is 17.8 Å². The highest BCUT2D eigenvalue weighted by atomic mass is 16.2. The lowest BCUT2D eigenvalue weighted by molar-refractivity contribution is -0.147. The predicted molar refractivity (Wildman–Crippen MR) is 108 cm³/mol. The van der Waals surface area contributed by atoms with E-state index in [1.54, 1.807) is 4.90 Å². The number of anilines is 1. The van der Waals surface area contributed by atoms with Crippen molar-refractivity contribution in [3.05, 3.63) is 42.0 Å². The van der Waals surface area contributed by atoms with Gasteiger partial charge in [0.1, 0.15) is 6.04 Å². The van der Waals surface area contributed by atoms with Crippen LogP contribution in [-0.4, -0.2) is 35.2 Å². The molecule has 0 N–H and O–H groups in total. The molecule has 3 atom stereocenters. The Labute approximate surface area is 166 Å². The second kappa shape index (κ2) is 7.53. The van der Waals surface area contributed by atoms with Crippen LogP contribution in [0.25, 0.3) is 0 Å². The van der Waals surface area contributed by atoms with E-state index in [4.69, 9.17) is 0 Å². The van der Waals surface area contributed by atoms with Crippen LogP contribution in [-0.2, 0) is 20.8 Å². The number of benzene rings is 1. The summed E-state index contributed by atoms with van der Waals surface area (Å²) in [6.45, 7) is 4.70. The molecule has 3 amide bonds. The Hall–Kier alpha value is -2.43. The highest BCUT2D eigenvalue weighted by molar-refractivity contribution is 6.10. The summed E-state index contributed by atoms with van der Waals surface area (Å²) < 4.78 is 0. The van der Waals surface area contributed by atoms with Gasteiger partial charge in [-0.05, 0) is 49.7 Å². The number of allylic oxidation sites excluding steroid dienone is 2. The average Bonchev–Trinajstić information content (AvgIpc) is 2.96. The number of amides is 3. The minimum Gasteiger partial charge on any atom is -0.310 e. The first-order chi connectivity index (χ1) is 13.5. The third kappa shape index (κ3) is 3.17. The van der Waals surface area contributed by atoms with Crippen molar-refractivity contribution in [1.82, 2.24) is 4.90 Å². The number of hydrogen-bond donors (Lipinski definition) is 0. The molecule has 1 aliphatic carbocycles. The number of rotatable bonds is 4. The molecule has 5 heteroatoms. The van der Waals surface area contributed by atoms with Crippen molar-refractivity contribution in [2.75, 3.05) is 11.4 Å². The summed E-state index contributed by atoms with van der Waals surface area (Å²) in [6, 6.07) is 7.24. The minimum absolute atomic E-state index is 0.117. The standard InChI is InChI=1S/C23H28N2O3/c1-15(2)14-20(25-21(26)17-10-4-5-11-18(17)22(25)27)23(28)24-13-7-9-16-8-3-6-12-19(16)24/h3-6,8,12,15,17-18,20H,7,9-11,13-14H2,1-2H3. The summed E-state index contributed by atoms with van der Waals surface area (Å²) in [4.78, 5) is 43.0. The number of aryl methyl sites for hydroxylation is 1. The first kappa shape index (κ1) is 18.9. The van der Waals surface area contributed by atoms with Crippen molar-refractivity contribution in [3.63, 3.8) is 0 Å². The van der Waals surface area contributed by atoms with Gasteiger partial charge in [0.15, 0.2) is 0 Å². The summed E-state index contributed by atoms with van der Waals surface area (Å²) in [7, 11) is 0. The predicted octanol–water partition coefficient (Wildman–Crippen LogP) is 3.33. The fourth-order valence-corrected chi connectivity index (χ4v) is 4.84. The molecule has 2 aliphatic heterocycles. The zero-order valence-electron chi connectivity index (χ0n) is 16.6. The third-order valence-corrected chi connectivity index (χ3v) is 6.21. The third-order valence-electron chi connectivity index (χ3n) is 6.21. The maximum absolute atomic E-state index is 13.6. The monoisotopic (exact) mass is 380 g/mol. The molecule has 1 aromatic rings. The van der Waals surface area contributed by atoms with Crippen LogP contribution in [0.4, 0.5) is 5.69 Å². The smallest absolute Gasteiger partial charge is 0.250 e. The Morgan fingerprint density at radius 3 is 2.36 bits per heavy atom. The maximum atomic E-state index is 13.6.